The van der Waals surface area contributed by atoms with E-state index in [1.807, 2.05) is 12.3 Å². The van der Waals surface area contributed by atoms with E-state index < -0.39 is 10.8 Å². The number of aromatic nitrogens is 1. The number of nitrogens with zero attached hydrogens (tertiary/aromatic N) is 3. The van der Waals surface area contributed by atoms with Gasteiger partial charge in [-0.2, -0.15) is 0 Å². The van der Waals surface area contributed by atoms with E-state index in [4.69, 9.17) is 19.7 Å². The Labute approximate surface area is 350 Å². The maximum absolute atomic E-state index is 6.73. The number of aliphatic imine (C=N–C) groups is 2. The maximum Gasteiger partial charge on any atom is 0.156 e. The molecule has 2 aliphatic heterocycles. The molecule has 3 heterocycles. The van der Waals surface area contributed by atoms with Gasteiger partial charge in [0.15, 0.2) is 5.84 Å². The van der Waals surface area contributed by atoms with Crippen LogP contribution in [0.1, 0.15) is 87.1 Å². The highest BCUT2D eigenvalue weighted by Gasteiger charge is 2.59. The minimum atomic E-state index is -0.635. The Kier molecular flexibility index (Phi) is 7.80. The fourth-order valence-corrected chi connectivity index (χ4v) is 11.1. The Morgan fingerprint density at radius 2 is 1.00 bits per heavy atom. The van der Waals surface area contributed by atoms with Gasteiger partial charge >= 0.3 is 0 Å². The van der Waals surface area contributed by atoms with Crippen molar-refractivity contribution >= 4 is 11.5 Å². The van der Waals surface area contributed by atoms with E-state index in [1.165, 1.54) is 44.5 Å². The summed E-state index contributed by atoms with van der Waals surface area (Å²) in [4.78, 5) is 16.1. The molecule has 8 aromatic rings. The summed E-state index contributed by atoms with van der Waals surface area (Å²) < 4.78 is 6.73. The summed E-state index contributed by atoms with van der Waals surface area (Å²) in [6.07, 6.45) is 3.69. The lowest BCUT2D eigenvalue weighted by atomic mass is 9.51. The standard InChI is InChI=1S/C56H41N3O/c1-36-33-34-48(37-18-3-2-4-19-37)58-54(59-53(36)49-30-15-16-35-57-49)39-21-17-29-47-52(39)38-20-5-6-22-40(38)55(47)41-23-7-9-25-43(41)56(44-26-10-8-24-42(44)55)45-27-11-13-31-50(45)60-51-32-14-12-28-46(51)56/h2-32,35-36,53H,33-34H2,1H3. The molecule has 2 unspecified atom stereocenters. The maximum atomic E-state index is 6.73. The molecule has 4 aliphatic rings. The van der Waals surface area contributed by atoms with Gasteiger partial charge < -0.3 is 4.74 Å². The summed E-state index contributed by atoms with van der Waals surface area (Å²) in [5.74, 6) is 2.77. The SMILES string of the molecule is CC1CCC(c2ccccc2)=NC(c2cccc3c2-c2ccccc2C32c3ccccc3C3(c4ccccc4Oc4ccccc43)c3ccccc32)=NC1c1ccccn1. The van der Waals surface area contributed by atoms with Gasteiger partial charge in [0.1, 0.15) is 11.5 Å². The predicted octanol–water partition coefficient (Wildman–Crippen LogP) is 12.7. The summed E-state index contributed by atoms with van der Waals surface area (Å²) in [6.45, 7) is 2.31. The molecule has 12 rings (SSSR count). The summed E-state index contributed by atoms with van der Waals surface area (Å²) in [7, 11) is 0. The monoisotopic (exact) mass is 771 g/mol. The van der Waals surface area contributed by atoms with Gasteiger partial charge in [0.2, 0.25) is 0 Å². The van der Waals surface area contributed by atoms with Crippen LogP contribution in [0.25, 0.3) is 11.1 Å². The smallest absolute Gasteiger partial charge is 0.156 e. The first-order chi connectivity index (χ1) is 29.7. The molecule has 4 nitrogen and oxygen atoms in total. The van der Waals surface area contributed by atoms with Gasteiger partial charge in [-0.3, -0.25) is 9.98 Å². The van der Waals surface area contributed by atoms with Gasteiger partial charge in [0, 0.05) is 22.9 Å². The third kappa shape index (κ3) is 4.76. The second-order valence-corrected chi connectivity index (χ2v) is 16.6. The Morgan fingerprint density at radius 1 is 0.483 bits per heavy atom. The number of ether oxygens (including phenoxy) is 1. The minimum Gasteiger partial charge on any atom is -0.457 e. The van der Waals surface area contributed by atoms with E-state index in [9.17, 15) is 0 Å². The van der Waals surface area contributed by atoms with E-state index in [0.29, 0.717) is 0 Å². The van der Waals surface area contributed by atoms with Crippen LogP contribution >= 0.6 is 0 Å². The van der Waals surface area contributed by atoms with Crippen molar-refractivity contribution in [1.82, 2.24) is 4.98 Å². The van der Waals surface area contributed by atoms with E-state index in [2.05, 4.69) is 189 Å². The fourth-order valence-electron chi connectivity index (χ4n) is 11.1. The molecule has 0 bridgehead atoms. The molecule has 0 radical (unpaired) electrons. The lowest BCUT2D eigenvalue weighted by molar-refractivity contribution is 0.429. The van der Waals surface area contributed by atoms with E-state index in [0.717, 1.165) is 63.8 Å². The highest BCUT2D eigenvalue weighted by Crippen LogP contribution is 2.67. The number of amidine groups is 1. The van der Waals surface area contributed by atoms with E-state index in [1.54, 1.807) is 0 Å². The van der Waals surface area contributed by atoms with Crippen LogP contribution in [0.15, 0.2) is 204 Å². The number of hydrogen-bond acceptors (Lipinski definition) is 4. The topological polar surface area (TPSA) is 46.8 Å². The van der Waals surface area contributed by atoms with Crippen LogP contribution in [0.2, 0.25) is 0 Å². The van der Waals surface area contributed by atoms with E-state index >= 15 is 0 Å². The second kappa shape index (κ2) is 13.4. The van der Waals surface area contributed by atoms with Crippen LogP contribution < -0.4 is 4.74 Å². The van der Waals surface area contributed by atoms with Crippen molar-refractivity contribution in [1.29, 1.82) is 0 Å². The van der Waals surface area contributed by atoms with Gasteiger partial charge in [-0.05, 0) is 93.1 Å². The Bertz CT molecular complexity index is 2960. The number of benzene rings is 7. The molecule has 7 aromatic carbocycles. The fraction of sp³-hybridized carbons (Fsp3) is 0.125. The first kappa shape index (κ1) is 34.8. The molecule has 0 saturated carbocycles. The lowest BCUT2D eigenvalue weighted by Gasteiger charge is -2.51. The number of para-hydroxylation sites is 2. The molecule has 0 N–H and O–H groups in total. The van der Waals surface area contributed by atoms with Crippen LogP contribution in [-0.2, 0) is 10.8 Å². The molecule has 2 aliphatic carbocycles. The van der Waals surface area contributed by atoms with Crippen molar-refractivity contribution in [3.05, 3.63) is 256 Å². The van der Waals surface area contributed by atoms with E-state index in [-0.39, 0.29) is 12.0 Å². The number of rotatable bonds is 3. The normalized spacial score (nSPS) is 18.6. The first-order valence-corrected chi connectivity index (χ1v) is 21.1. The quantitative estimate of drug-likeness (QED) is 0.180. The number of pyridine rings is 1. The Hall–Kier alpha value is -7.17. The molecular formula is C56H41N3O. The van der Waals surface area contributed by atoms with Crippen LogP contribution in [0.5, 0.6) is 11.5 Å². The zero-order valence-corrected chi connectivity index (χ0v) is 33.3. The molecular weight excluding hydrogens is 731 g/mol. The molecule has 286 valence electrons. The zero-order chi connectivity index (χ0) is 39.8. The van der Waals surface area contributed by atoms with Crippen LogP contribution in [-0.4, -0.2) is 16.5 Å². The molecule has 0 saturated heterocycles. The van der Waals surface area contributed by atoms with Gasteiger partial charge in [0.05, 0.1) is 28.3 Å². The average Bonchev–Trinajstić information content (AvgIpc) is 3.61. The Balaban J connectivity index is 1.18. The number of fused-ring (bicyclic) bond motifs is 15. The Morgan fingerprint density at radius 3 is 1.63 bits per heavy atom. The van der Waals surface area contributed by atoms with Crippen molar-refractivity contribution in [3.8, 4) is 22.6 Å². The number of hydrogen-bond donors (Lipinski definition) is 0. The van der Waals surface area contributed by atoms with Crippen molar-refractivity contribution in [3.63, 3.8) is 0 Å². The molecule has 60 heavy (non-hydrogen) atoms. The first-order valence-electron chi connectivity index (χ1n) is 21.1. The third-order valence-corrected chi connectivity index (χ3v) is 13.6. The summed E-state index contributed by atoms with van der Waals surface area (Å²) in [6, 6.07) is 68.1. The van der Waals surface area contributed by atoms with Gasteiger partial charge in [-0.15, -0.1) is 0 Å². The van der Waals surface area contributed by atoms with Crippen molar-refractivity contribution in [2.45, 2.75) is 36.6 Å². The average molecular weight is 772 g/mol. The molecule has 4 heteroatoms. The molecule has 0 amide bonds. The molecule has 2 atom stereocenters. The predicted molar refractivity (Wildman–Crippen MR) is 241 cm³/mol. The third-order valence-electron chi connectivity index (χ3n) is 13.6. The van der Waals surface area contributed by atoms with Crippen LogP contribution in [0.4, 0.5) is 0 Å². The molecule has 1 aromatic heterocycles. The van der Waals surface area contributed by atoms with Gasteiger partial charge in [-0.25, -0.2) is 4.99 Å². The summed E-state index contributed by atoms with van der Waals surface area (Å²) in [5.41, 5.74) is 15.2. The molecule has 0 fully saturated rings. The summed E-state index contributed by atoms with van der Waals surface area (Å²) >= 11 is 0. The second-order valence-electron chi connectivity index (χ2n) is 16.6. The van der Waals surface area contributed by atoms with Crippen LogP contribution in [0.3, 0.4) is 0 Å². The molecule has 2 spiro atoms. The minimum absolute atomic E-state index is 0.145. The van der Waals surface area contributed by atoms with Crippen molar-refractivity contribution in [2.75, 3.05) is 0 Å². The van der Waals surface area contributed by atoms with Crippen LogP contribution in [0, 0.1) is 5.92 Å². The van der Waals surface area contributed by atoms with Crippen molar-refractivity contribution < 1.29 is 4.74 Å². The van der Waals surface area contributed by atoms with Gasteiger partial charge in [-0.1, -0.05) is 171 Å². The van der Waals surface area contributed by atoms with Crippen molar-refractivity contribution in [2.24, 2.45) is 15.9 Å². The zero-order valence-electron chi connectivity index (χ0n) is 33.3. The highest BCUT2D eigenvalue weighted by atomic mass is 16.5. The largest absolute Gasteiger partial charge is 0.457 e. The van der Waals surface area contributed by atoms with Gasteiger partial charge in [0.25, 0.3) is 0 Å². The lowest BCUT2D eigenvalue weighted by Crippen LogP contribution is -2.45. The highest BCUT2D eigenvalue weighted by molar-refractivity contribution is 6.16. The summed E-state index contributed by atoms with van der Waals surface area (Å²) in [5, 5.41) is 0.